The molecule has 0 bridgehead atoms. The minimum Gasteiger partial charge on any atom is -0.484 e. The monoisotopic (exact) mass is 407 g/mol. The summed E-state index contributed by atoms with van der Waals surface area (Å²) in [5.74, 6) is -0.939. The number of amidine groups is 1. The Morgan fingerprint density at radius 3 is 2.52 bits per heavy atom. The SMILES string of the molecule is NC(=O)COc1ccc(/C(N)=N/OC(=O)Cn2nc(C(F)F)cc2C2CC2)cc1. The fourth-order valence-corrected chi connectivity index (χ4v) is 2.57. The number of nitrogens with zero attached hydrogens (tertiary/aromatic N) is 3. The van der Waals surface area contributed by atoms with Crippen molar-refractivity contribution in [1.29, 1.82) is 0 Å². The summed E-state index contributed by atoms with van der Waals surface area (Å²) < 4.78 is 32.1. The summed E-state index contributed by atoms with van der Waals surface area (Å²) in [6.07, 6.45) is -0.977. The number of nitrogens with two attached hydrogens (primary N) is 2. The number of halogens is 2. The minimum absolute atomic E-state index is 0.0732. The number of alkyl halides is 2. The van der Waals surface area contributed by atoms with Crippen LogP contribution in [0.15, 0.2) is 35.5 Å². The van der Waals surface area contributed by atoms with E-state index in [0.717, 1.165) is 12.8 Å². The van der Waals surface area contributed by atoms with Crippen LogP contribution in [0.2, 0.25) is 0 Å². The highest BCUT2D eigenvalue weighted by atomic mass is 19.3. The largest absolute Gasteiger partial charge is 0.484 e. The molecular formula is C18H19F2N5O4. The number of hydrogen-bond donors (Lipinski definition) is 2. The van der Waals surface area contributed by atoms with E-state index in [1.807, 2.05) is 0 Å². The Labute approximate surface area is 164 Å². The summed E-state index contributed by atoms with van der Waals surface area (Å²) in [6.45, 7) is -0.612. The third kappa shape index (κ3) is 5.50. The summed E-state index contributed by atoms with van der Waals surface area (Å²) in [5, 5.41) is 7.34. The van der Waals surface area contributed by atoms with Crippen molar-refractivity contribution in [3.05, 3.63) is 47.3 Å². The molecule has 4 N–H and O–H groups in total. The van der Waals surface area contributed by atoms with E-state index in [9.17, 15) is 18.4 Å². The molecule has 1 aliphatic carbocycles. The van der Waals surface area contributed by atoms with Crippen molar-refractivity contribution in [2.75, 3.05) is 6.61 Å². The zero-order chi connectivity index (χ0) is 21.0. The van der Waals surface area contributed by atoms with E-state index >= 15 is 0 Å². The average molecular weight is 407 g/mol. The van der Waals surface area contributed by atoms with Crippen LogP contribution < -0.4 is 16.2 Å². The van der Waals surface area contributed by atoms with Crippen LogP contribution in [0, 0.1) is 0 Å². The Morgan fingerprint density at radius 1 is 1.24 bits per heavy atom. The van der Waals surface area contributed by atoms with E-state index in [0.29, 0.717) is 17.0 Å². The highest BCUT2D eigenvalue weighted by Crippen LogP contribution is 2.41. The van der Waals surface area contributed by atoms with Gasteiger partial charge in [-0.25, -0.2) is 13.6 Å². The van der Waals surface area contributed by atoms with Gasteiger partial charge >= 0.3 is 5.97 Å². The van der Waals surface area contributed by atoms with Crippen molar-refractivity contribution >= 4 is 17.7 Å². The molecule has 3 rings (SSSR count). The molecule has 1 heterocycles. The molecule has 29 heavy (non-hydrogen) atoms. The van der Waals surface area contributed by atoms with Gasteiger partial charge in [0.1, 0.15) is 18.0 Å². The average Bonchev–Trinajstić information content (AvgIpc) is 3.45. The van der Waals surface area contributed by atoms with Crippen molar-refractivity contribution in [2.24, 2.45) is 16.6 Å². The predicted octanol–water partition coefficient (Wildman–Crippen LogP) is 1.43. The van der Waals surface area contributed by atoms with Gasteiger partial charge in [0.25, 0.3) is 12.3 Å². The maximum absolute atomic E-state index is 12.9. The molecule has 0 saturated heterocycles. The molecule has 1 aromatic heterocycles. The van der Waals surface area contributed by atoms with Crippen molar-refractivity contribution in [1.82, 2.24) is 9.78 Å². The van der Waals surface area contributed by atoms with Crippen LogP contribution in [-0.4, -0.2) is 34.1 Å². The quantitative estimate of drug-likeness (QED) is 0.279. The lowest BCUT2D eigenvalue weighted by atomic mass is 10.2. The molecule has 0 spiro atoms. The number of primary amides is 1. The topological polar surface area (TPSA) is 135 Å². The Balaban J connectivity index is 1.59. The van der Waals surface area contributed by atoms with Crippen LogP contribution >= 0.6 is 0 Å². The standard InChI is InChI=1S/C18H19F2N5O4/c19-17(20)13-7-14(10-1-2-10)25(23-13)8-16(27)29-24-18(22)11-3-5-12(6-4-11)28-9-15(21)26/h3-7,10,17H,1-2,8-9H2,(H2,21,26)(H2,22,24). The molecule has 1 fully saturated rings. The molecule has 0 atom stereocenters. The van der Waals surface area contributed by atoms with Crippen LogP contribution in [0.3, 0.4) is 0 Å². The molecular weight excluding hydrogens is 388 g/mol. The molecule has 1 saturated carbocycles. The number of rotatable bonds is 9. The van der Waals surface area contributed by atoms with E-state index in [1.165, 1.54) is 10.7 Å². The third-order valence-electron chi connectivity index (χ3n) is 4.11. The van der Waals surface area contributed by atoms with Gasteiger partial charge in [0.2, 0.25) is 0 Å². The first-order valence-electron chi connectivity index (χ1n) is 8.74. The van der Waals surface area contributed by atoms with E-state index in [2.05, 4.69) is 10.3 Å². The lowest BCUT2D eigenvalue weighted by Crippen LogP contribution is -2.20. The van der Waals surface area contributed by atoms with Crippen LogP contribution in [0.5, 0.6) is 5.75 Å². The second-order valence-electron chi connectivity index (χ2n) is 6.45. The maximum Gasteiger partial charge on any atom is 0.356 e. The van der Waals surface area contributed by atoms with Crippen LogP contribution in [0.25, 0.3) is 0 Å². The molecule has 9 nitrogen and oxygen atoms in total. The second kappa shape index (κ2) is 8.67. The molecule has 0 aliphatic heterocycles. The van der Waals surface area contributed by atoms with Gasteiger partial charge < -0.3 is 21.0 Å². The zero-order valence-corrected chi connectivity index (χ0v) is 15.3. The fraction of sp³-hybridized carbons (Fsp3) is 0.333. The van der Waals surface area contributed by atoms with Crippen molar-refractivity contribution in [2.45, 2.75) is 31.7 Å². The fourth-order valence-electron chi connectivity index (χ4n) is 2.57. The predicted molar refractivity (Wildman–Crippen MR) is 97.1 cm³/mol. The minimum atomic E-state index is -2.71. The van der Waals surface area contributed by atoms with Crippen molar-refractivity contribution < 1.29 is 27.9 Å². The van der Waals surface area contributed by atoms with E-state index in [4.69, 9.17) is 21.0 Å². The van der Waals surface area contributed by atoms with Gasteiger partial charge in [-0.3, -0.25) is 9.48 Å². The van der Waals surface area contributed by atoms with Crippen LogP contribution in [-0.2, 0) is 21.0 Å². The Bertz CT molecular complexity index is 923. The number of oxime groups is 1. The zero-order valence-electron chi connectivity index (χ0n) is 15.3. The van der Waals surface area contributed by atoms with Gasteiger partial charge in [-0.05, 0) is 43.2 Å². The highest BCUT2D eigenvalue weighted by molar-refractivity contribution is 5.97. The van der Waals surface area contributed by atoms with Gasteiger partial charge in [-0.2, -0.15) is 5.10 Å². The smallest absolute Gasteiger partial charge is 0.356 e. The van der Waals surface area contributed by atoms with E-state index in [1.54, 1.807) is 24.3 Å². The summed E-state index contributed by atoms with van der Waals surface area (Å²) in [4.78, 5) is 27.5. The highest BCUT2D eigenvalue weighted by Gasteiger charge is 2.30. The van der Waals surface area contributed by atoms with Gasteiger partial charge in [0.05, 0.1) is 0 Å². The van der Waals surface area contributed by atoms with Crippen molar-refractivity contribution in [3.8, 4) is 5.75 Å². The second-order valence-corrected chi connectivity index (χ2v) is 6.45. The van der Waals surface area contributed by atoms with Gasteiger partial charge in [0, 0.05) is 17.2 Å². The first kappa shape index (κ1) is 20.2. The Hall–Kier alpha value is -3.50. The molecule has 0 radical (unpaired) electrons. The maximum atomic E-state index is 12.9. The number of benzene rings is 1. The van der Waals surface area contributed by atoms with Gasteiger partial charge in [-0.1, -0.05) is 5.16 Å². The van der Waals surface area contributed by atoms with E-state index in [-0.39, 0.29) is 30.6 Å². The Morgan fingerprint density at radius 2 is 1.93 bits per heavy atom. The Kier molecular flexibility index (Phi) is 6.05. The number of aromatic nitrogens is 2. The lowest BCUT2D eigenvalue weighted by molar-refractivity contribution is -0.144. The number of amides is 1. The van der Waals surface area contributed by atoms with Crippen LogP contribution in [0.4, 0.5) is 8.78 Å². The molecule has 1 aliphatic rings. The number of ether oxygens (including phenoxy) is 1. The summed E-state index contributed by atoms with van der Waals surface area (Å²) in [5.41, 5.74) is 11.4. The van der Waals surface area contributed by atoms with E-state index < -0.39 is 18.3 Å². The van der Waals surface area contributed by atoms with Crippen LogP contribution in [0.1, 0.15) is 42.1 Å². The first-order valence-corrected chi connectivity index (χ1v) is 8.74. The molecule has 2 aromatic rings. The normalized spacial score (nSPS) is 14.1. The van der Waals surface area contributed by atoms with Gasteiger partial charge in [-0.15, -0.1) is 0 Å². The summed E-state index contributed by atoms with van der Waals surface area (Å²) in [6, 6.07) is 7.50. The molecule has 1 amide bonds. The number of carbonyl (C=O) groups is 2. The number of hydrogen-bond acceptors (Lipinski definition) is 6. The summed E-state index contributed by atoms with van der Waals surface area (Å²) in [7, 11) is 0. The van der Waals surface area contributed by atoms with Crippen molar-refractivity contribution in [3.63, 3.8) is 0 Å². The lowest BCUT2D eigenvalue weighted by Gasteiger charge is -2.06. The molecule has 0 unspecified atom stereocenters. The first-order chi connectivity index (χ1) is 13.8. The molecule has 1 aromatic carbocycles. The summed E-state index contributed by atoms with van der Waals surface area (Å²) >= 11 is 0. The van der Waals surface area contributed by atoms with Gasteiger partial charge in [0.15, 0.2) is 12.4 Å². The molecule has 11 heteroatoms. The molecule has 154 valence electrons. The third-order valence-corrected chi connectivity index (χ3v) is 4.11. The number of carbonyl (C=O) groups excluding carboxylic acids is 2.